The van der Waals surface area contributed by atoms with Gasteiger partial charge in [0.05, 0.1) is 12.6 Å². The van der Waals surface area contributed by atoms with Crippen LogP contribution in [-0.4, -0.2) is 23.4 Å². The fourth-order valence-electron chi connectivity index (χ4n) is 2.69. The largest absolute Gasteiger partial charge is 0.497 e. The molecule has 1 N–H and O–H groups in total. The normalized spacial score (nSPS) is 11.0. The molecule has 0 amide bonds. The van der Waals surface area contributed by atoms with Crippen LogP contribution in [0.3, 0.4) is 0 Å². The lowest BCUT2D eigenvalue weighted by Crippen LogP contribution is -1.93. The molecule has 0 bridgehead atoms. The van der Waals surface area contributed by atoms with Crippen molar-refractivity contribution in [1.29, 1.82) is 0 Å². The van der Waals surface area contributed by atoms with E-state index in [-0.39, 0.29) is 6.61 Å². The quantitative estimate of drug-likeness (QED) is 0.795. The lowest BCUT2D eigenvalue weighted by atomic mass is 10.1. The van der Waals surface area contributed by atoms with Gasteiger partial charge in [0.2, 0.25) is 0 Å². The standard InChI is InChI=1S/C18H19NO2/c1-19-17(14-5-3-13(4-6-14)9-10-20)11-15-7-8-16(21-2)12-18(15)19/h3-8,11-12,20H,9-10H2,1-2H3. The Balaban J connectivity index is 2.05. The molecular formula is C18H19NO2. The summed E-state index contributed by atoms with van der Waals surface area (Å²) in [5.41, 5.74) is 4.66. The zero-order valence-electron chi connectivity index (χ0n) is 12.3. The van der Waals surface area contributed by atoms with Crippen molar-refractivity contribution < 1.29 is 9.84 Å². The Kier molecular flexibility index (Phi) is 3.67. The zero-order chi connectivity index (χ0) is 14.8. The number of fused-ring (bicyclic) bond motifs is 1. The maximum Gasteiger partial charge on any atom is 0.120 e. The van der Waals surface area contributed by atoms with Crippen LogP contribution in [0.15, 0.2) is 48.5 Å². The minimum Gasteiger partial charge on any atom is -0.497 e. The van der Waals surface area contributed by atoms with Gasteiger partial charge >= 0.3 is 0 Å². The van der Waals surface area contributed by atoms with Crippen molar-refractivity contribution in [3.63, 3.8) is 0 Å². The van der Waals surface area contributed by atoms with E-state index in [1.165, 1.54) is 16.6 Å². The van der Waals surface area contributed by atoms with E-state index in [0.717, 1.165) is 16.8 Å². The number of hydrogen-bond donors (Lipinski definition) is 1. The summed E-state index contributed by atoms with van der Waals surface area (Å²) < 4.78 is 7.48. The number of ether oxygens (including phenoxy) is 1. The number of nitrogens with zero attached hydrogens (tertiary/aromatic N) is 1. The molecule has 0 fully saturated rings. The summed E-state index contributed by atoms with van der Waals surface area (Å²) in [4.78, 5) is 0. The van der Waals surface area contributed by atoms with Crippen molar-refractivity contribution in [1.82, 2.24) is 4.57 Å². The molecule has 0 saturated heterocycles. The topological polar surface area (TPSA) is 34.4 Å². The molecule has 0 aliphatic rings. The Hall–Kier alpha value is -2.26. The fourth-order valence-corrected chi connectivity index (χ4v) is 2.69. The Morgan fingerprint density at radius 3 is 2.48 bits per heavy atom. The van der Waals surface area contributed by atoms with Crippen molar-refractivity contribution in [2.24, 2.45) is 7.05 Å². The van der Waals surface area contributed by atoms with Gasteiger partial charge in [-0.1, -0.05) is 24.3 Å². The number of methoxy groups -OCH3 is 1. The van der Waals surface area contributed by atoms with Crippen LogP contribution in [0, 0.1) is 0 Å². The monoisotopic (exact) mass is 281 g/mol. The highest BCUT2D eigenvalue weighted by molar-refractivity contribution is 5.88. The lowest BCUT2D eigenvalue weighted by molar-refractivity contribution is 0.299. The molecule has 1 heterocycles. The second-order valence-electron chi connectivity index (χ2n) is 5.18. The molecule has 0 unspecified atom stereocenters. The summed E-state index contributed by atoms with van der Waals surface area (Å²) in [5.74, 6) is 0.869. The first-order chi connectivity index (χ1) is 10.2. The number of aromatic nitrogens is 1. The van der Waals surface area contributed by atoms with E-state index in [4.69, 9.17) is 9.84 Å². The molecule has 0 saturated carbocycles. The minimum atomic E-state index is 0.188. The summed E-state index contributed by atoms with van der Waals surface area (Å²) in [6, 6.07) is 16.7. The maximum atomic E-state index is 8.98. The number of aliphatic hydroxyl groups is 1. The van der Waals surface area contributed by atoms with Crippen LogP contribution in [0.1, 0.15) is 5.56 Å². The van der Waals surface area contributed by atoms with E-state index in [1.807, 2.05) is 6.07 Å². The highest BCUT2D eigenvalue weighted by Crippen LogP contribution is 2.29. The SMILES string of the molecule is COc1ccc2cc(-c3ccc(CCO)cc3)n(C)c2c1. The van der Waals surface area contributed by atoms with Gasteiger partial charge in [-0.05, 0) is 35.7 Å². The number of aliphatic hydroxyl groups excluding tert-OH is 1. The molecule has 1 aromatic heterocycles. The van der Waals surface area contributed by atoms with Crippen LogP contribution >= 0.6 is 0 Å². The smallest absolute Gasteiger partial charge is 0.120 e. The summed E-state index contributed by atoms with van der Waals surface area (Å²) in [5, 5.41) is 10.2. The van der Waals surface area contributed by atoms with Crippen LogP contribution in [0.25, 0.3) is 22.2 Å². The van der Waals surface area contributed by atoms with Crippen molar-refractivity contribution in [3.8, 4) is 17.0 Å². The molecule has 108 valence electrons. The van der Waals surface area contributed by atoms with Gasteiger partial charge in [-0.3, -0.25) is 0 Å². The third-order valence-electron chi connectivity index (χ3n) is 3.90. The summed E-state index contributed by atoms with van der Waals surface area (Å²) >= 11 is 0. The van der Waals surface area contributed by atoms with Crippen molar-refractivity contribution in [2.75, 3.05) is 13.7 Å². The molecular weight excluding hydrogens is 262 g/mol. The molecule has 0 atom stereocenters. The first-order valence-corrected chi connectivity index (χ1v) is 7.06. The highest BCUT2D eigenvalue weighted by atomic mass is 16.5. The number of hydrogen-bond acceptors (Lipinski definition) is 2. The van der Waals surface area contributed by atoms with Gasteiger partial charge in [-0.15, -0.1) is 0 Å². The first-order valence-electron chi connectivity index (χ1n) is 7.06. The molecule has 0 spiro atoms. The van der Waals surface area contributed by atoms with Crippen LogP contribution in [0.5, 0.6) is 5.75 Å². The van der Waals surface area contributed by atoms with Crippen LogP contribution in [0.2, 0.25) is 0 Å². The van der Waals surface area contributed by atoms with E-state index >= 15 is 0 Å². The van der Waals surface area contributed by atoms with Gasteiger partial charge in [-0.25, -0.2) is 0 Å². The third-order valence-corrected chi connectivity index (χ3v) is 3.90. The van der Waals surface area contributed by atoms with E-state index in [2.05, 4.69) is 54.1 Å². The molecule has 0 aliphatic carbocycles. The Labute approximate surface area is 124 Å². The third kappa shape index (κ3) is 2.52. The zero-order valence-corrected chi connectivity index (χ0v) is 12.3. The Morgan fingerprint density at radius 1 is 1.05 bits per heavy atom. The molecule has 3 aromatic rings. The molecule has 21 heavy (non-hydrogen) atoms. The fraction of sp³-hybridized carbons (Fsp3) is 0.222. The summed E-state index contributed by atoms with van der Waals surface area (Å²) in [6.07, 6.45) is 0.701. The van der Waals surface area contributed by atoms with Crippen LogP contribution < -0.4 is 4.74 Å². The molecule has 0 radical (unpaired) electrons. The molecule has 3 nitrogen and oxygen atoms in total. The average Bonchev–Trinajstić information content (AvgIpc) is 2.85. The maximum absolute atomic E-state index is 8.98. The summed E-state index contributed by atoms with van der Waals surface area (Å²) in [6.45, 7) is 0.188. The Bertz CT molecular complexity index is 757. The van der Waals surface area contributed by atoms with E-state index in [0.29, 0.717) is 6.42 Å². The molecule has 3 rings (SSSR count). The van der Waals surface area contributed by atoms with Crippen LogP contribution in [0.4, 0.5) is 0 Å². The minimum absolute atomic E-state index is 0.188. The van der Waals surface area contributed by atoms with Crippen LogP contribution in [-0.2, 0) is 13.5 Å². The first kappa shape index (κ1) is 13.7. The number of rotatable bonds is 4. The van der Waals surface area contributed by atoms with Crippen molar-refractivity contribution in [3.05, 3.63) is 54.1 Å². The van der Waals surface area contributed by atoms with Gasteiger partial charge in [0.25, 0.3) is 0 Å². The van der Waals surface area contributed by atoms with E-state index < -0.39 is 0 Å². The van der Waals surface area contributed by atoms with Gasteiger partial charge in [0.1, 0.15) is 5.75 Å². The predicted octanol–water partition coefficient (Wildman–Crippen LogP) is 3.39. The van der Waals surface area contributed by atoms with Gasteiger partial charge in [0, 0.05) is 30.8 Å². The van der Waals surface area contributed by atoms with Gasteiger partial charge in [0.15, 0.2) is 0 Å². The predicted molar refractivity (Wildman–Crippen MR) is 85.7 cm³/mol. The van der Waals surface area contributed by atoms with Crippen molar-refractivity contribution >= 4 is 10.9 Å². The second-order valence-corrected chi connectivity index (χ2v) is 5.18. The van der Waals surface area contributed by atoms with E-state index in [1.54, 1.807) is 7.11 Å². The average molecular weight is 281 g/mol. The van der Waals surface area contributed by atoms with Gasteiger partial charge in [-0.2, -0.15) is 0 Å². The second kappa shape index (κ2) is 5.62. The van der Waals surface area contributed by atoms with Gasteiger partial charge < -0.3 is 14.4 Å². The van der Waals surface area contributed by atoms with E-state index in [9.17, 15) is 0 Å². The highest BCUT2D eigenvalue weighted by Gasteiger charge is 2.08. The Morgan fingerprint density at radius 2 is 1.81 bits per heavy atom. The number of benzene rings is 2. The lowest BCUT2D eigenvalue weighted by Gasteiger charge is -2.06. The summed E-state index contributed by atoms with van der Waals surface area (Å²) in [7, 11) is 3.75. The molecule has 0 aliphatic heterocycles. The molecule has 2 aromatic carbocycles. The number of aryl methyl sites for hydroxylation is 1. The van der Waals surface area contributed by atoms with Crippen molar-refractivity contribution in [2.45, 2.75) is 6.42 Å². The molecule has 3 heteroatoms.